The van der Waals surface area contributed by atoms with Gasteiger partial charge in [0, 0.05) is 29.6 Å². The predicted octanol–water partition coefficient (Wildman–Crippen LogP) is 3.07. The molecule has 0 aliphatic heterocycles. The molecule has 0 saturated heterocycles. The molecule has 10 nitrogen and oxygen atoms in total. The van der Waals surface area contributed by atoms with Crippen LogP contribution in [0.15, 0.2) is 30.9 Å². The molecule has 2 fully saturated rings. The van der Waals surface area contributed by atoms with Gasteiger partial charge in [-0.2, -0.15) is 0 Å². The van der Waals surface area contributed by atoms with Crippen molar-refractivity contribution in [2.45, 2.75) is 51.0 Å². The van der Waals surface area contributed by atoms with Crippen LogP contribution in [0.3, 0.4) is 0 Å². The molecule has 3 aliphatic rings. The number of rotatable bonds is 9. The molecule has 3 heterocycles. The molecular weight excluding hydrogens is 464 g/mol. The van der Waals surface area contributed by atoms with Crippen LogP contribution in [0.25, 0.3) is 0 Å². The van der Waals surface area contributed by atoms with Crippen LogP contribution in [0.5, 0.6) is 0 Å². The molecule has 2 saturated carbocycles. The van der Waals surface area contributed by atoms with Crippen molar-refractivity contribution in [3.05, 3.63) is 46.9 Å². The Labute approximate surface area is 206 Å². The standard InChI is InChI=1S/C24H28N8O2S/c33-21(15-5-6-15)29-23-20(22(34)26-11-14-3-4-14)18-10-16(7-8-19(18)35-23)31-32-13-27-30-24(32)28-17-2-1-9-25-12-17/h1-2,9,12-16,31H,3-8,10-11H2,(H,26,34)(H,28,30)(H,29,33). The van der Waals surface area contributed by atoms with Crippen molar-refractivity contribution in [2.75, 3.05) is 22.6 Å². The van der Waals surface area contributed by atoms with Crippen LogP contribution in [-0.2, 0) is 17.6 Å². The van der Waals surface area contributed by atoms with Gasteiger partial charge in [-0.15, -0.1) is 21.5 Å². The van der Waals surface area contributed by atoms with E-state index in [9.17, 15) is 9.59 Å². The van der Waals surface area contributed by atoms with Gasteiger partial charge in [-0.05, 0) is 68.6 Å². The van der Waals surface area contributed by atoms with E-state index in [1.54, 1.807) is 34.7 Å². The van der Waals surface area contributed by atoms with Crippen LogP contribution in [0, 0.1) is 11.8 Å². The van der Waals surface area contributed by atoms with Gasteiger partial charge in [-0.3, -0.25) is 14.6 Å². The van der Waals surface area contributed by atoms with Crippen LogP contribution >= 0.6 is 11.3 Å². The zero-order chi connectivity index (χ0) is 23.8. The molecule has 3 aliphatic carbocycles. The molecule has 0 radical (unpaired) electrons. The summed E-state index contributed by atoms with van der Waals surface area (Å²) in [5.74, 6) is 1.20. The molecule has 3 aromatic heterocycles. The first-order chi connectivity index (χ1) is 17.1. The molecule has 0 bridgehead atoms. The average Bonchev–Trinajstić information content (AvgIpc) is 3.79. The van der Waals surface area contributed by atoms with E-state index in [-0.39, 0.29) is 23.8 Å². The lowest BCUT2D eigenvalue weighted by Gasteiger charge is -2.25. The predicted molar refractivity (Wildman–Crippen MR) is 133 cm³/mol. The number of nitrogens with one attached hydrogen (secondary N) is 4. The van der Waals surface area contributed by atoms with Gasteiger partial charge in [0.25, 0.3) is 5.91 Å². The van der Waals surface area contributed by atoms with Gasteiger partial charge < -0.3 is 21.4 Å². The summed E-state index contributed by atoms with van der Waals surface area (Å²) in [5, 5.41) is 18.3. The van der Waals surface area contributed by atoms with Crippen molar-refractivity contribution >= 4 is 39.8 Å². The first-order valence-electron chi connectivity index (χ1n) is 12.2. The number of hydrogen-bond donors (Lipinski definition) is 4. The SMILES string of the molecule is O=C(NCC1CC1)c1c(NC(=O)C2CC2)sc2c1CC(Nn1cnnc1Nc1cccnc1)CC2. The van der Waals surface area contributed by atoms with Crippen molar-refractivity contribution in [1.29, 1.82) is 0 Å². The van der Waals surface area contributed by atoms with Crippen molar-refractivity contribution in [1.82, 2.24) is 25.2 Å². The highest BCUT2D eigenvalue weighted by Gasteiger charge is 2.34. The summed E-state index contributed by atoms with van der Waals surface area (Å²) in [7, 11) is 0. The topological polar surface area (TPSA) is 126 Å². The van der Waals surface area contributed by atoms with E-state index in [1.165, 1.54) is 17.7 Å². The number of amides is 2. The van der Waals surface area contributed by atoms with E-state index in [0.29, 0.717) is 35.4 Å². The molecule has 1 unspecified atom stereocenters. The van der Waals surface area contributed by atoms with Gasteiger partial charge in [-0.1, -0.05) is 0 Å². The van der Waals surface area contributed by atoms with Gasteiger partial charge in [-0.25, -0.2) is 4.68 Å². The summed E-state index contributed by atoms with van der Waals surface area (Å²) >= 11 is 1.56. The fraction of sp³-hybridized carbons (Fsp3) is 0.458. The Morgan fingerprint density at radius 1 is 1.17 bits per heavy atom. The molecule has 11 heteroatoms. The summed E-state index contributed by atoms with van der Waals surface area (Å²) in [6.45, 7) is 0.700. The lowest BCUT2D eigenvalue weighted by molar-refractivity contribution is -0.117. The minimum atomic E-state index is -0.0793. The third kappa shape index (κ3) is 5.00. The van der Waals surface area contributed by atoms with E-state index in [4.69, 9.17) is 0 Å². The average molecular weight is 493 g/mol. The van der Waals surface area contributed by atoms with Crippen LogP contribution in [0.1, 0.15) is 52.9 Å². The molecule has 1 atom stereocenters. The normalized spacial score (nSPS) is 19.0. The largest absolute Gasteiger partial charge is 0.352 e. The second-order valence-electron chi connectivity index (χ2n) is 9.58. The van der Waals surface area contributed by atoms with Crippen molar-refractivity contribution < 1.29 is 9.59 Å². The zero-order valence-corrected chi connectivity index (χ0v) is 20.1. The Hall–Kier alpha value is -3.47. The number of hydrogen-bond acceptors (Lipinski definition) is 8. The van der Waals surface area contributed by atoms with Crippen LogP contribution in [0.4, 0.5) is 16.6 Å². The maximum Gasteiger partial charge on any atom is 0.254 e. The zero-order valence-electron chi connectivity index (χ0n) is 19.3. The highest BCUT2D eigenvalue weighted by atomic mass is 32.1. The maximum absolute atomic E-state index is 13.3. The van der Waals surface area contributed by atoms with Gasteiger partial charge in [0.2, 0.25) is 11.9 Å². The third-order valence-electron chi connectivity index (χ3n) is 6.71. The number of carbonyl (C=O) groups is 2. The van der Waals surface area contributed by atoms with E-state index in [2.05, 4.69) is 36.6 Å². The van der Waals surface area contributed by atoms with Crippen LogP contribution in [-0.4, -0.2) is 44.3 Å². The molecule has 6 rings (SSSR count). The first kappa shape index (κ1) is 22.0. The summed E-state index contributed by atoms with van der Waals surface area (Å²) in [6, 6.07) is 3.85. The van der Waals surface area contributed by atoms with Crippen molar-refractivity contribution in [3.63, 3.8) is 0 Å². The number of aromatic nitrogens is 4. The number of nitrogens with zero attached hydrogens (tertiary/aromatic N) is 4. The molecule has 0 spiro atoms. The van der Waals surface area contributed by atoms with Crippen LogP contribution < -0.4 is 21.4 Å². The molecule has 182 valence electrons. The van der Waals surface area contributed by atoms with Gasteiger partial charge in [0.1, 0.15) is 11.3 Å². The number of anilines is 3. The molecule has 0 aromatic carbocycles. The molecule has 3 aromatic rings. The lowest BCUT2D eigenvalue weighted by atomic mass is 9.91. The number of carbonyl (C=O) groups excluding carboxylic acids is 2. The van der Waals surface area contributed by atoms with Gasteiger partial charge >= 0.3 is 0 Å². The Balaban J connectivity index is 1.21. The summed E-state index contributed by atoms with van der Waals surface area (Å²) in [4.78, 5) is 31.1. The van der Waals surface area contributed by atoms with E-state index in [0.717, 1.165) is 36.9 Å². The van der Waals surface area contributed by atoms with E-state index in [1.807, 2.05) is 12.1 Å². The Kier molecular flexibility index (Phi) is 5.85. The van der Waals surface area contributed by atoms with Crippen molar-refractivity contribution in [2.24, 2.45) is 11.8 Å². The molecular formula is C24H28N8O2S. The Bertz CT molecular complexity index is 1230. The Morgan fingerprint density at radius 2 is 2.06 bits per heavy atom. The fourth-order valence-corrected chi connectivity index (χ4v) is 5.65. The van der Waals surface area contributed by atoms with Crippen molar-refractivity contribution in [3.8, 4) is 0 Å². The summed E-state index contributed by atoms with van der Waals surface area (Å²) in [5.41, 5.74) is 5.98. The highest BCUT2D eigenvalue weighted by Crippen LogP contribution is 2.40. The summed E-state index contributed by atoms with van der Waals surface area (Å²) < 4.78 is 1.78. The number of pyridine rings is 1. The molecule has 4 N–H and O–H groups in total. The quantitative estimate of drug-likeness (QED) is 0.362. The van der Waals surface area contributed by atoms with E-state index < -0.39 is 0 Å². The minimum Gasteiger partial charge on any atom is -0.352 e. The fourth-order valence-electron chi connectivity index (χ4n) is 4.41. The second kappa shape index (κ2) is 9.29. The Morgan fingerprint density at radius 3 is 2.83 bits per heavy atom. The lowest BCUT2D eigenvalue weighted by Crippen LogP contribution is -2.34. The van der Waals surface area contributed by atoms with Gasteiger partial charge in [0.15, 0.2) is 0 Å². The molecule has 2 amide bonds. The minimum absolute atomic E-state index is 0.0325. The molecule has 35 heavy (non-hydrogen) atoms. The first-order valence-corrected chi connectivity index (χ1v) is 13.0. The highest BCUT2D eigenvalue weighted by molar-refractivity contribution is 7.17. The number of thiophene rings is 1. The maximum atomic E-state index is 13.3. The summed E-state index contributed by atoms with van der Waals surface area (Å²) in [6.07, 6.45) is 11.7. The second-order valence-corrected chi connectivity index (χ2v) is 10.7. The van der Waals surface area contributed by atoms with E-state index >= 15 is 0 Å². The smallest absolute Gasteiger partial charge is 0.254 e. The monoisotopic (exact) mass is 492 g/mol. The van der Waals surface area contributed by atoms with Gasteiger partial charge in [0.05, 0.1) is 17.4 Å². The van der Waals surface area contributed by atoms with Crippen LogP contribution in [0.2, 0.25) is 0 Å². The third-order valence-corrected chi connectivity index (χ3v) is 7.92. The number of fused-ring (bicyclic) bond motifs is 1. The number of aryl methyl sites for hydroxylation is 1.